The number of nitrogens with zero attached hydrogens (tertiary/aromatic N) is 4. The van der Waals surface area contributed by atoms with Gasteiger partial charge in [0.1, 0.15) is 12.1 Å². The Kier molecular flexibility index (Phi) is 5.88. The topological polar surface area (TPSA) is 63.7 Å². The van der Waals surface area contributed by atoms with Gasteiger partial charge < -0.3 is 9.30 Å². The summed E-state index contributed by atoms with van der Waals surface area (Å²) < 4.78 is 7.75. The van der Waals surface area contributed by atoms with Crippen molar-refractivity contribution in [3.63, 3.8) is 0 Å². The Morgan fingerprint density at radius 2 is 2.25 bits per heavy atom. The van der Waals surface area contributed by atoms with Crippen LogP contribution in [0, 0.1) is 11.3 Å². The molecule has 0 aliphatic rings. The van der Waals surface area contributed by atoms with Crippen LogP contribution in [0.15, 0.2) is 53.3 Å². The van der Waals surface area contributed by atoms with Crippen LogP contribution in [0.2, 0.25) is 0 Å². The van der Waals surface area contributed by atoms with E-state index in [1.165, 1.54) is 4.88 Å². The highest BCUT2D eigenvalue weighted by molar-refractivity contribution is 7.99. The summed E-state index contributed by atoms with van der Waals surface area (Å²) in [7, 11) is 0. The molecule has 0 saturated carbocycles. The molecule has 122 valence electrons. The van der Waals surface area contributed by atoms with E-state index >= 15 is 0 Å². The van der Waals surface area contributed by atoms with E-state index in [0.717, 1.165) is 23.9 Å². The van der Waals surface area contributed by atoms with Gasteiger partial charge in [0.15, 0.2) is 5.16 Å². The summed E-state index contributed by atoms with van der Waals surface area (Å²) in [6, 6.07) is 13.5. The van der Waals surface area contributed by atoms with Gasteiger partial charge in [-0.15, -0.1) is 21.5 Å². The third kappa shape index (κ3) is 4.60. The first kappa shape index (κ1) is 16.6. The Labute approximate surface area is 148 Å². The summed E-state index contributed by atoms with van der Waals surface area (Å²) in [5, 5.41) is 20.0. The molecular formula is C17H16N4OS2. The second kappa shape index (κ2) is 8.52. The van der Waals surface area contributed by atoms with Crippen LogP contribution < -0.4 is 4.74 Å². The van der Waals surface area contributed by atoms with Crippen molar-refractivity contribution < 1.29 is 4.74 Å². The SMILES string of the molecule is N#Cc1cccc(OCCSc2nncn2CCc2cccs2)c1. The van der Waals surface area contributed by atoms with Crippen molar-refractivity contribution in [1.82, 2.24) is 14.8 Å². The molecular weight excluding hydrogens is 340 g/mol. The van der Waals surface area contributed by atoms with Crippen LogP contribution >= 0.6 is 23.1 Å². The Morgan fingerprint density at radius 1 is 1.29 bits per heavy atom. The van der Waals surface area contributed by atoms with Gasteiger partial charge in [-0.25, -0.2) is 0 Å². The molecule has 0 amide bonds. The van der Waals surface area contributed by atoms with E-state index in [4.69, 9.17) is 10.00 Å². The smallest absolute Gasteiger partial charge is 0.191 e. The first-order chi connectivity index (χ1) is 11.8. The van der Waals surface area contributed by atoms with Crippen molar-refractivity contribution in [2.75, 3.05) is 12.4 Å². The molecule has 5 nitrogen and oxygen atoms in total. The number of thioether (sulfide) groups is 1. The van der Waals surface area contributed by atoms with Crippen LogP contribution in [-0.2, 0) is 13.0 Å². The van der Waals surface area contributed by atoms with Gasteiger partial charge in [-0.05, 0) is 36.1 Å². The summed E-state index contributed by atoms with van der Waals surface area (Å²) in [6.45, 7) is 1.43. The molecule has 0 saturated heterocycles. The van der Waals surface area contributed by atoms with Crippen molar-refractivity contribution >= 4 is 23.1 Å². The Hall–Kier alpha value is -2.30. The number of hydrogen-bond acceptors (Lipinski definition) is 6. The van der Waals surface area contributed by atoms with Crippen LogP contribution in [0.1, 0.15) is 10.4 Å². The number of nitriles is 1. The predicted molar refractivity (Wildman–Crippen MR) is 95.4 cm³/mol. The number of aromatic nitrogens is 3. The highest BCUT2D eigenvalue weighted by atomic mass is 32.2. The monoisotopic (exact) mass is 356 g/mol. The van der Waals surface area contributed by atoms with Crippen LogP contribution in [0.25, 0.3) is 0 Å². The van der Waals surface area contributed by atoms with Crippen LogP contribution in [0.5, 0.6) is 5.75 Å². The van der Waals surface area contributed by atoms with Crippen LogP contribution in [0.4, 0.5) is 0 Å². The molecule has 24 heavy (non-hydrogen) atoms. The van der Waals surface area contributed by atoms with E-state index in [1.807, 2.05) is 12.1 Å². The van der Waals surface area contributed by atoms with E-state index in [-0.39, 0.29) is 0 Å². The highest BCUT2D eigenvalue weighted by Crippen LogP contribution is 2.18. The number of thiophene rings is 1. The lowest BCUT2D eigenvalue weighted by molar-refractivity contribution is 0.343. The molecule has 0 fully saturated rings. The molecule has 0 N–H and O–H groups in total. The Morgan fingerprint density at radius 3 is 3.08 bits per heavy atom. The lowest BCUT2D eigenvalue weighted by Crippen LogP contribution is -2.04. The molecule has 0 radical (unpaired) electrons. The van der Waals surface area contributed by atoms with E-state index in [2.05, 4.69) is 38.3 Å². The van der Waals surface area contributed by atoms with Crippen LogP contribution in [-0.4, -0.2) is 27.1 Å². The zero-order chi connectivity index (χ0) is 16.6. The van der Waals surface area contributed by atoms with Crippen molar-refractivity contribution in [1.29, 1.82) is 5.26 Å². The second-order valence-electron chi connectivity index (χ2n) is 4.97. The highest BCUT2D eigenvalue weighted by Gasteiger charge is 2.06. The minimum Gasteiger partial charge on any atom is -0.493 e. The third-order valence-electron chi connectivity index (χ3n) is 3.31. The van der Waals surface area contributed by atoms with Gasteiger partial charge in [-0.3, -0.25) is 0 Å². The predicted octanol–water partition coefficient (Wildman–Crippen LogP) is 3.63. The molecule has 0 spiro atoms. The maximum Gasteiger partial charge on any atom is 0.191 e. The molecule has 0 aliphatic heterocycles. The number of benzene rings is 1. The van der Waals surface area contributed by atoms with Gasteiger partial charge >= 0.3 is 0 Å². The van der Waals surface area contributed by atoms with E-state index in [0.29, 0.717) is 17.9 Å². The molecule has 3 rings (SSSR count). The summed E-state index contributed by atoms with van der Waals surface area (Å²) >= 11 is 3.39. The zero-order valence-electron chi connectivity index (χ0n) is 13.0. The van der Waals surface area contributed by atoms with Gasteiger partial charge in [0.05, 0.1) is 18.2 Å². The maximum absolute atomic E-state index is 8.88. The van der Waals surface area contributed by atoms with Crippen molar-refractivity contribution in [3.05, 3.63) is 58.5 Å². The molecule has 2 heterocycles. The third-order valence-corrected chi connectivity index (χ3v) is 5.19. The van der Waals surface area contributed by atoms with Gasteiger partial charge in [0, 0.05) is 17.2 Å². The summed E-state index contributed by atoms with van der Waals surface area (Å²) in [5.41, 5.74) is 0.605. The summed E-state index contributed by atoms with van der Waals surface area (Å²) in [4.78, 5) is 1.36. The molecule has 1 aromatic carbocycles. The molecule has 3 aromatic rings. The summed E-state index contributed by atoms with van der Waals surface area (Å²) in [6.07, 6.45) is 2.76. The minimum absolute atomic E-state index is 0.553. The Balaban J connectivity index is 1.45. The standard InChI is InChI=1S/C17H16N4OS2/c18-12-14-3-1-4-15(11-14)22-8-10-24-17-20-19-13-21(17)7-6-16-5-2-9-23-16/h1-5,9,11,13H,6-8,10H2. The normalized spacial score (nSPS) is 10.5. The van der Waals surface area contributed by atoms with Gasteiger partial charge in [0.25, 0.3) is 0 Å². The lowest BCUT2D eigenvalue weighted by atomic mass is 10.2. The number of hydrogen-bond donors (Lipinski definition) is 0. The largest absolute Gasteiger partial charge is 0.493 e. The van der Waals surface area contributed by atoms with Crippen molar-refractivity contribution in [2.45, 2.75) is 18.1 Å². The number of ether oxygens (including phenoxy) is 1. The van der Waals surface area contributed by atoms with Gasteiger partial charge in [-0.1, -0.05) is 23.9 Å². The first-order valence-electron chi connectivity index (χ1n) is 7.51. The van der Waals surface area contributed by atoms with E-state index in [9.17, 15) is 0 Å². The molecule has 7 heteroatoms. The number of rotatable bonds is 8. The fraction of sp³-hybridized carbons (Fsp3) is 0.235. The zero-order valence-corrected chi connectivity index (χ0v) is 14.6. The van der Waals surface area contributed by atoms with Crippen molar-refractivity contribution in [3.8, 4) is 11.8 Å². The van der Waals surface area contributed by atoms with Crippen LogP contribution in [0.3, 0.4) is 0 Å². The molecule has 2 aromatic heterocycles. The maximum atomic E-state index is 8.88. The first-order valence-corrected chi connectivity index (χ1v) is 9.37. The molecule has 0 aliphatic carbocycles. The quantitative estimate of drug-likeness (QED) is 0.455. The minimum atomic E-state index is 0.553. The molecule has 0 bridgehead atoms. The molecule has 0 unspecified atom stereocenters. The van der Waals surface area contributed by atoms with E-state index < -0.39 is 0 Å². The van der Waals surface area contributed by atoms with Gasteiger partial charge in [0.2, 0.25) is 0 Å². The lowest BCUT2D eigenvalue weighted by Gasteiger charge is -2.07. The summed E-state index contributed by atoms with van der Waals surface area (Å²) in [5.74, 6) is 1.49. The second-order valence-corrected chi connectivity index (χ2v) is 7.07. The average molecular weight is 356 g/mol. The molecule has 0 atom stereocenters. The van der Waals surface area contributed by atoms with E-state index in [1.54, 1.807) is 41.6 Å². The average Bonchev–Trinajstić information content (AvgIpc) is 3.28. The van der Waals surface area contributed by atoms with Crippen molar-refractivity contribution in [2.24, 2.45) is 0 Å². The Bertz CT molecular complexity index is 808. The van der Waals surface area contributed by atoms with Gasteiger partial charge in [-0.2, -0.15) is 5.26 Å². The fourth-order valence-corrected chi connectivity index (χ4v) is 3.60. The fourth-order valence-electron chi connectivity index (χ4n) is 2.14. The number of aryl methyl sites for hydroxylation is 2.